The van der Waals surface area contributed by atoms with Crippen LogP contribution in [0.15, 0.2) is 36.7 Å². The fraction of sp³-hybridized carbons (Fsp3) is 0.385. The first-order chi connectivity index (χ1) is 9.17. The van der Waals surface area contributed by atoms with Crippen molar-refractivity contribution in [3.05, 3.63) is 42.5 Å². The van der Waals surface area contributed by atoms with E-state index in [0.29, 0.717) is 12.5 Å². The van der Waals surface area contributed by atoms with Gasteiger partial charge in [0.2, 0.25) is 0 Å². The lowest BCUT2D eigenvalue weighted by Crippen LogP contribution is -2.20. The van der Waals surface area contributed by atoms with Gasteiger partial charge in [-0.15, -0.1) is 33.4 Å². The minimum Gasteiger partial charge on any atom is -0.309 e. The van der Waals surface area contributed by atoms with Crippen LogP contribution >= 0.6 is 23.2 Å². The predicted molar refractivity (Wildman–Crippen MR) is 75.6 cm³/mol. The summed E-state index contributed by atoms with van der Waals surface area (Å²) >= 11 is 12.0. The summed E-state index contributed by atoms with van der Waals surface area (Å²) < 4.78 is 1.44. The molecule has 1 aliphatic carbocycles. The fourth-order valence-electron chi connectivity index (χ4n) is 2.03. The fourth-order valence-corrected chi connectivity index (χ4v) is 2.56. The Morgan fingerprint density at radius 1 is 1.32 bits per heavy atom. The minimum atomic E-state index is -0.528. The molecule has 0 spiro atoms. The van der Waals surface area contributed by atoms with Crippen molar-refractivity contribution in [3.63, 3.8) is 0 Å². The van der Waals surface area contributed by atoms with Crippen molar-refractivity contribution in [2.24, 2.45) is 5.92 Å². The molecular formula is C13H14Cl2N4. The van der Waals surface area contributed by atoms with Crippen LogP contribution in [-0.2, 0) is 6.54 Å². The summed E-state index contributed by atoms with van der Waals surface area (Å²) in [6, 6.07) is 10.0. The van der Waals surface area contributed by atoms with E-state index in [1.807, 2.05) is 34.9 Å². The van der Waals surface area contributed by atoms with Crippen LogP contribution in [0.4, 0.5) is 0 Å². The largest absolute Gasteiger partial charge is 0.309 e. The second-order valence-electron chi connectivity index (χ2n) is 4.75. The Labute approximate surface area is 121 Å². The van der Waals surface area contributed by atoms with Crippen LogP contribution in [0.25, 0.3) is 5.69 Å². The summed E-state index contributed by atoms with van der Waals surface area (Å²) in [4.78, 5) is 0. The first-order valence-electron chi connectivity index (χ1n) is 6.20. The van der Waals surface area contributed by atoms with Crippen LogP contribution in [0.2, 0.25) is 0 Å². The Bertz CT molecular complexity index is 553. The molecule has 6 heteroatoms. The van der Waals surface area contributed by atoms with E-state index in [2.05, 4.69) is 15.5 Å². The third kappa shape index (κ3) is 2.91. The van der Waals surface area contributed by atoms with Crippen LogP contribution in [-0.4, -0.2) is 25.6 Å². The highest BCUT2D eigenvalue weighted by Crippen LogP contribution is 2.52. The lowest BCUT2D eigenvalue weighted by Gasteiger charge is -2.07. The molecule has 1 heterocycles. The Balaban J connectivity index is 1.62. The highest BCUT2D eigenvalue weighted by atomic mass is 35.5. The molecule has 0 amide bonds. The van der Waals surface area contributed by atoms with E-state index in [1.165, 1.54) is 0 Å². The highest BCUT2D eigenvalue weighted by molar-refractivity contribution is 6.50. The van der Waals surface area contributed by atoms with Gasteiger partial charge in [-0.05, 0) is 18.6 Å². The van der Waals surface area contributed by atoms with Crippen molar-refractivity contribution in [3.8, 4) is 5.69 Å². The zero-order valence-corrected chi connectivity index (χ0v) is 11.8. The van der Waals surface area contributed by atoms with E-state index < -0.39 is 4.33 Å². The Morgan fingerprint density at radius 3 is 2.74 bits per heavy atom. The molecule has 1 unspecified atom stereocenters. The maximum absolute atomic E-state index is 5.99. The summed E-state index contributed by atoms with van der Waals surface area (Å²) in [6.45, 7) is 1.45. The average molecular weight is 297 g/mol. The van der Waals surface area contributed by atoms with E-state index in [1.54, 1.807) is 6.33 Å². The highest BCUT2D eigenvalue weighted by Gasteiger charge is 2.50. The molecule has 1 aromatic carbocycles. The monoisotopic (exact) mass is 296 g/mol. The Hall–Kier alpha value is -1.10. The number of halogens is 2. The van der Waals surface area contributed by atoms with Crippen molar-refractivity contribution in [2.75, 3.05) is 6.54 Å². The number of rotatable bonds is 5. The molecule has 1 aliphatic rings. The van der Waals surface area contributed by atoms with E-state index in [9.17, 15) is 0 Å². The van der Waals surface area contributed by atoms with Crippen LogP contribution in [0, 0.1) is 5.92 Å². The van der Waals surface area contributed by atoms with E-state index in [4.69, 9.17) is 23.2 Å². The standard InChI is InChI=1S/C13H14Cl2N4/c14-13(15)6-10(13)7-16-8-12-18-17-9-19(12)11-4-2-1-3-5-11/h1-5,9-10,16H,6-8H2. The number of alkyl halides is 2. The zero-order chi connectivity index (χ0) is 13.3. The first kappa shape index (κ1) is 12.9. The zero-order valence-electron chi connectivity index (χ0n) is 10.3. The lowest BCUT2D eigenvalue weighted by molar-refractivity contribution is 0.609. The molecule has 0 aliphatic heterocycles. The average Bonchev–Trinajstić information content (AvgIpc) is 2.83. The summed E-state index contributed by atoms with van der Waals surface area (Å²) in [5.41, 5.74) is 1.06. The second-order valence-corrected chi connectivity index (χ2v) is 6.29. The van der Waals surface area contributed by atoms with Crippen LogP contribution in [0.1, 0.15) is 12.2 Å². The number of para-hydroxylation sites is 1. The summed E-state index contributed by atoms with van der Waals surface area (Å²) in [6.07, 6.45) is 2.57. The molecule has 0 radical (unpaired) electrons. The molecule has 2 aromatic rings. The number of hydrogen-bond donors (Lipinski definition) is 1. The van der Waals surface area contributed by atoms with Gasteiger partial charge in [-0.2, -0.15) is 0 Å². The Morgan fingerprint density at radius 2 is 2.05 bits per heavy atom. The van der Waals surface area contributed by atoms with Crippen molar-refractivity contribution >= 4 is 23.2 Å². The van der Waals surface area contributed by atoms with Crippen molar-refractivity contribution in [1.82, 2.24) is 20.1 Å². The van der Waals surface area contributed by atoms with Gasteiger partial charge in [0.25, 0.3) is 0 Å². The van der Waals surface area contributed by atoms with E-state index in [-0.39, 0.29) is 0 Å². The molecular weight excluding hydrogens is 283 g/mol. The molecule has 1 aromatic heterocycles. The van der Waals surface area contributed by atoms with Gasteiger partial charge in [-0.3, -0.25) is 4.57 Å². The number of nitrogens with zero attached hydrogens (tertiary/aromatic N) is 3. The van der Waals surface area contributed by atoms with Crippen molar-refractivity contribution < 1.29 is 0 Å². The van der Waals surface area contributed by atoms with Gasteiger partial charge in [-0.25, -0.2) is 0 Å². The molecule has 3 rings (SSSR count). The van der Waals surface area contributed by atoms with Crippen LogP contribution in [0.5, 0.6) is 0 Å². The van der Waals surface area contributed by atoms with Gasteiger partial charge in [0.15, 0.2) is 5.82 Å². The first-order valence-corrected chi connectivity index (χ1v) is 6.95. The van der Waals surface area contributed by atoms with E-state index in [0.717, 1.165) is 24.5 Å². The predicted octanol–water partition coefficient (Wildman–Crippen LogP) is 2.55. The van der Waals surface area contributed by atoms with Crippen LogP contribution < -0.4 is 5.32 Å². The maximum atomic E-state index is 5.99. The van der Waals surface area contributed by atoms with Gasteiger partial charge in [0, 0.05) is 18.2 Å². The maximum Gasteiger partial charge on any atom is 0.151 e. The third-order valence-electron chi connectivity index (χ3n) is 3.28. The molecule has 1 atom stereocenters. The number of nitrogens with one attached hydrogen (secondary N) is 1. The van der Waals surface area contributed by atoms with Gasteiger partial charge < -0.3 is 5.32 Å². The van der Waals surface area contributed by atoms with Gasteiger partial charge >= 0.3 is 0 Å². The molecule has 1 N–H and O–H groups in total. The summed E-state index contributed by atoms with van der Waals surface area (Å²) in [5.74, 6) is 1.21. The van der Waals surface area contributed by atoms with Gasteiger partial charge in [0.05, 0.1) is 6.54 Å². The van der Waals surface area contributed by atoms with Crippen LogP contribution in [0.3, 0.4) is 0 Å². The van der Waals surface area contributed by atoms with Gasteiger partial charge in [0.1, 0.15) is 10.7 Å². The SMILES string of the molecule is ClC1(Cl)CC1CNCc1nncn1-c1ccccc1. The van der Waals surface area contributed by atoms with Crippen molar-refractivity contribution in [1.29, 1.82) is 0 Å². The normalized spacial score (nSPS) is 20.4. The van der Waals surface area contributed by atoms with E-state index >= 15 is 0 Å². The summed E-state index contributed by atoms with van der Waals surface area (Å²) in [7, 11) is 0. The second kappa shape index (κ2) is 5.12. The van der Waals surface area contributed by atoms with Gasteiger partial charge in [-0.1, -0.05) is 18.2 Å². The van der Waals surface area contributed by atoms with Crippen molar-refractivity contribution in [2.45, 2.75) is 17.3 Å². The molecule has 1 saturated carbocycles. The number of benzene rings is 1. The Kier molecular flexibility index (Phi) is 3.48. The third-order valence-corrected chi connectivity index (χ3v) is 4.21. The minimum absolute atomic E-state index is 0.337. The number of aromatic nitrogens is 3. The molecule has 0 bridgehead atoms. The molecule has 100 valence electrons. The molecule has 19 heavy (non-hydrogen) atoms. The topological polar surface area (TPSA) is 42.7 Å². The quantitative estimate of drug-likeness (QED) is 0.863. The number of hydrogen-bond acceptors (Lipinski definition) is 3. The smallest absolute Gasteiger partial charge is 0.151 e. The molecule has 4 nitrogen and oxygen atoms in total. The molecule has 1 fully saturated rings. The molecule has 0 saturated heterocycles. The lowest BCUT2D eigenvalue weighted by atomic mass is 10.3. The summed E-state index contributed by atoms with van der Waals surface area (Å²) in [5, 5.41) is 11.4.